The molecule has 0 atom stereocenters. The highest BCUT2D eigenvalue weighted by Gasteiger charge is 2.26. The van der Waals surface area contributed by atoms with E-state index in [1.54, 1.807) is 0 Å². The van der Waals surface area contributed by atoms with Crippen LogP contribution in [0.3, 0.4) is 0 Å². The summed E-state index contributed by atoms with van der Waals surface area (Å²) in [6, 6.07) is 15.1. The van der Waals surface area contributed by atoms with Crippen molar-refractivity contribution >= 4 is 34.3 Å². The van der Waals surface area contributed by atoms with Crippen LogP contribution in [0.1, 0.15) is 29.5 Å². The highest BCUT2D eigenvalue weighted by molar-refractivity contribution is 5.93. The number of rotatable bonds is 8. The van der Waals surface area contributed by atoms with E-state index >= 15 is 0 Å². The van der Waals surface area contributed by atoms with Gasteiger partial charge in [0.25, 0.3) is 0 Å². The number of carbonyl (C=O) groups is 1. The number of aryl methyl sites for hydroxylation is 1. The van der Waals surface area contributed by atoms with Crippen LogP contribution in [0.5, 0.6) is 0 Å². The predicted molar refractivity (Wildman–Crippen MR) is 155 cm³/mol. The van der Waals surface area contributed by atoms with Crippen LogP contribution >= 0.6 is 0 Å². The number of likely N-dealkylation sites (tertiary alicyclic amines) is 1. The maximum atomic E-state index is 14.0. The Bertz CT molecular complexity index is 1530. The average Bonchev–Trinajstić information content (AvgIpc) is 2.94. The minimum Gasteiger partial charge on any atom is -0.365 e. The van der Waals surface area contributed by atoms with Gasteiger partial charge in [0.15, 0.2) is 0 Å². The van der Waals surface area contributed by atoms with Gasteiger partial charge in [-0.2, -0.15) is 4.98 Å². The molecule has 41 heavy (non-hydrogen) atoms. The zero-order valence-electron chi connectivity index (χ0n) is 23.3. The number of fused-ring (bicyclic) bond motifs is 1. The number of hydrogen-bond donors (Lipinski definition) is 2. The maximum Gasteiger partial charge on any atom is 0.227 e. The SMILES string of the molecule is Cc1ccc2c(NCc3ccc(NC(=O)C4CCN(Cc5c(F)cc(F)cc5F)CC4)cc3)nc(N(C)C)nc2c1. The van der Waals surface area contributed by atoms with Crippen LogP contribution in [-0.2, 0) is 17.9 Å². The van der Waals surface area contributed by atoms with Gasteiger partial charge in [-0.15, -0.1) is 0 Å². The molecule has 3 aromatic carbocycles. The van der Waals surface area contributed by atoms with E-state index < -0.39 is 17.5 Å². The number of piperidine rings is 1. The molecule has 2 heterocycles. The second-order valence-corrected chi connectivity index (χ2v) is 10.7. The van der Waals surface area contributed by atoms with Crippen molar-refractivity contribution in [1.82, 2.24) is 14.9 Å². The van der Waals surface area contributed by atoms with Crippen LogP contribution in [-0.4, -0.2) is 48.0 Å². The lowest BCUT2D eigenvalue weighted by Gasteiger charge is -2.31. The standard InChI is InChI=1S/C31H33F3N6O/c1-19-4-9-24-28(14-19)37-31(39(2)3)38-29(24)35-17-20-5-7-23(8-6-20)36-30(41)21-10-12-40(13-11-21)18-25-26(33)15-22(32)16-27(25)34/h4-9,14-16,21H,10-13,17-18H2,1-3H3,(H,36,41)(H,35,37,38). The molecule has 0 unspecified atom stereocenters. The zero-order chi connectivity index (χ0) is 29.1. The minimum atomic E-state index is -0.934. The lowest BCUT2D eigenvalue weighted by molar-refractivity contribution is -0.121. The number of hydrogen-bond acceptors (Lipinski definition) is 6. The highest BCUT2D eigenvalue weighted by Crippen LogP contribution is 2.26. The van der Waals surface area contributed by atoms with Gasteiger partial charge >= 0.3 is 0 Å². The summed E-state index contributed by atoms with van der Waals surface area (Å²) in [6.45, 7) is 3.67. The van der Waals surface area contributed by atoms with Gasteiger partial charge in [-0.3, -0.25) is 9.69 Å². The number of amides is 1. The van der Waals surface area contributed by atoms with Gasteiger partial charge in [-0.05, 0) is 68.2 Å². The molecule has 0 saturated carbocycles. The largest absolute Gasteiger partial charge is 0.365 e. The first kappa shape index (κ1) is 28.4. The molecular weight excluding hydrogens is 529 g/mol. The molecule has 0 aliphatic carbocycles. The van der Waals surface area contributed by atoms with Crippen LogP contribution in [0, 0.1) is 30.3 Å². The molecule has 1 saturated heterocycles. The van der Waals surface area contributed by atoms with Gasteiger partial charge < -0.3 is 15.5 Å². The molecule has 1 fully saturated rings. The smallest absolute Gasteiger partial charge is 0.227 e. The number of aromatic nitrogens is 2. The van der Waals surface area contributed by atoms with Crippen LogP contribution in [0.2, 0.25) is 0 Å². The lowest BCUT2D eigenvalue weighted by atomic mass is 9.95. The predicted octanol–water partition coefficient (Wildman–Crippen LogP) is 5.88. The number of carbonyl (C=O) groups excluding carboxylic acids is 1. The van der Waals surface area contributed by atoms with Crippen molar-refractivity contribution in [1.29, 1.82) is 0 Å². The Hall–Kier alpha value is -4.18. The van der Waals surface area contributed by atoms with Gasteiger partial charge in [0.2, 0.25) is 11.9 Å². The van der Waals surface area contributed by atoms with Crippen LogP contribution in [0.4, 0.5) is 30.6 Å². The van der Waals surface area contributed by atoms with Crippen molar-refractivity contribution in [2.24, 2.45) is 5.92 Å². The Morgan fingerprint density at radius 3 is 2.32 bits per heavy atom. The summed E-state index contributed by atoms with van der Waals surface area (Å²) < 4.78 is 41.2. The third kappa shape index (κ3) is 6.77. The number of anilines is 3. The number of nitrogens with one attached hydrogen (secondary N) is 2. The van der Waals surface area contributed by atoms with Crippen molar-refractivity contribution in [2.45, 2.75) is 32.9 Å². The van der Waals surface area contributed by atoms with Crippen LogP contribution < -0.4 is 15.5 Å². The highest BCUT2D eigenvalue weighted by atomic mass is 19.1. The molecule has 0 bridgehead atoms. The van der Waals surface area contributed by atoms with E-state index in [9.17, 15) is 18.0 Å². The minimum absolute atomic E-state index is 0.0443. The summed E-state index contributed by atoms with van der Waals surface area (Å²) in [5.74, 6) is -1.60. The van der Waals surface area contributed by atoms with Gasteiger partial charge in [0.05, 0.1) is 5.52 Å². The third-order valence-electron chi connectivity index (χ3n) is 7.37. The molecule has 1 aromatic heterocycles. The topological polar surface area (TPSA) is 73.4 Å². The van der Waals surface area contributed by atoms with Crippen LogP contribution in [0.15, 0.2) is 54.6 Å². The molecule has 2 N–H and O–H groups in total. The summed E-state index contributed by atoms with van der Waals surface area (Å²) in [7, 11) is 3.82. The van der Waals surface area contributed by atoms with Gasteiger partial charge in [0, 0.05) is 61.9 Å². The molecule has 1 aliphatic rings. The first-order valence-electron chi connectivity index (χ1n) is 13.6. The molecule has 1 aliphatic heterocycles. The first-order chi connectivity index (χ1) is 19.7. The Kier molecular flexibility index (Phi) is 8.39. The molecule has 4 aromatic rings. The Labute approximate surface area is 237 Å². The Morgan fingerprint density at radius 2 is 1.66 bits per heavy atom. The quantitative estimate of drug-likeness (QED) is 0.279. The van der Waals surface area contributed by atoms with Crippen LogP contribution in [0.25, 0.3) is 10.9 Å². The van der Waals surface area contributed by atoms with E-state index in [1.807, 2.05) is 73.3 Å². The zero-order valence-corrected chi connectivity index (χ0v) is 23.3. The van der Waals surface area contributed by atoms with Gasteiger partial charge in [-0.1, -0.05) is 18.2 Å². The lowest BCUT2D eigenvalue weighted by Crippen LogP contribution is -2.38. The van der Waals surface area contributed by atoms with E-state index in [-0.39, 0.29) is 23.9 Å². The van der Waals surface area contributed by atoms with Crippen molar-refractivity contribution in [3.05, 3.63) is 88.7 Å². The summed E-state index contributed by atoms with van der Waals surface area (Å²) in [6.07, 6.45) is 1.14. The monoisotopic (exact) mass is 562 g/mol. The Balaban J connectivity index is 1.15. The van der Waals surface area contributed by atoms with Gasteiger partial charge in [0.1, 0.15) is 23.3 Å². The van der Waals surface area contributed by atoms with E-state index in [4.69, 9.17) is 0 Å². The first-order valence-corrected chi connectivity index (χ1v) is 13.6. The van der Waals surface area contributed by atoms with E-state index in [0.717, 1.165) is 27.8 Å². The molecule has 214 valence electrons. The third-order valence-corrected chi connectivity index (χ3v) is 7.37. The average molecular weight is 563 g/mol. The van der Waals surface area contributed by atoms with E-state index in [2.05, 4.69) is 20.6 Å². The summed E-state index contributed by atoms with van der Waals surface area (Å²) in [5.41, 5.74) is 3.59. The molecule has 7 nitrogen and oxygen atoms in total. The van der Waals surface area contributed by atoms with E-state index in [1.165, 1.54) is 0 Å². The summed E-state index contributed by atoms with van der Waals surface area (Å²) in [4.78, 5) is 26.0. The van der Waals surface area contributed by atoms with Gasteiger partial charge in [-0.25, -0.2) is 18.2 Å². The number of benzene rings is 3. The molecule has 5 rings (SSSR count). The van der Waals surface area contributed by atoms with Crippen molar-refractivity contribution in [3.8, 4) is 0 Å². The fourth-order valence-corrected chi connectivity index (χ4v) is 5.00. The fourth-order valence-electron chi connectivity index (χ4n) is 5.00. The number of nitrogens with zero attached hydrogens (tertiary/aromatic N) is 4. The molecule has 0 radical (unpaired) electrons. The van der Waals surface area contributed by atoms with Crippen molar-refractivity contribution in [2.75, 3.05) is 42.7 Å². The Morgan fingerprint density at radius 1 is 0.976 bits per heavy atom. The van der Waals surface area contributed by atoms with E-state index in [0.29, 0.717) is 56.2 Å². The summed E-state index contributed by atoms with van der Waals surface area (Å²) >= 11 is 0. The normalized spacial score (nSPS) is 14.3. The fraction of sp³-hybridized carbons (Fsp3) is 0.323. The molecule has 1 amide bonds. The molecule has 0 spiro atoms. The maximum absolute atomic E-state index is 14.0. The second kappa shape index (κ2) is 12.1. The number of halogens is 3. The molecule has 10 heteroatoms. The second-order valence-electron chi connectivity index (χ2n) is 10.7. The van der Waals surface area contributed by atoms with Crippen molar-refractivity contribution < 1.29 is 18.0 Å². The van der Waals surface area contributed by atoms with Crippen molar-refractivity contribution in [3.63, 3.8) is 0 Å². The summed E-state index contributed by atoms with van der Waals surface area (Å²) in [5, 5.41) is 7.36. The molecular formula is C31H33F3N6O.